The first-order valence-corrected chi connectivity index (χ1v) is 11.0. The lowest BCUT2D eigenvalue weighted by Gasteiger charge is -2.21. The third-order valence-electron chi connectivity index (χ3n) is 6.11. The molecule has 0 spiro atoms. The normalized spacial score (nSPS) is 14.4. The van der Waals surface area contributed by atoms with Crippen LogP contribution in [0.15, 0.2) is 79.0 Å². The number of esters is 1. The summed E-state index contributed by atoms with van der Waals surface area (Å²) >= 11 is 0. The molecule has 1 aliphatic carbocycles. The number of halogens is 3. The van der Waals surface area contributed by atoms with Crippen LogP contribution < -0.4 is 10.1 Å². The molecule has 4 aromatic rings. The Morgan fingerprint density at radius 1 is 1.00 bits per heavy atom. The average molecular weight is 478 g/mol. The second-order valence-electron chi connectivity index (χ2n) is 8.42. The zero-order valence-corrected chi connectivity index (χ0v) is 18.7. The molecule has 0 radical (unpaired) electrons. The minimum atomic E-state index is -4.46. The topological polar surface area (TPSA) is 60.5 Å². The lowest BCUT2D eigenvalue weighted by Crippen LogP contribution is -2.20. The van der Waals surface area contributed by atoms with Crippen LogP contribution in [0.25, 0.3) is 10.8 Å². The second kappa shape index (κ2) is 8.61. The number of fused-ring (bicyclic) bond motifs is 1. The number of rotatable bonds is 6. The molecule has 35 heavy (non-hydrogen) atoms. The van der Waals surface area contributed by atoms with Gasteiger partial charge in [0.05, 0.1) is 29.2 Å². The number of nitrogens with zero attached hydrogens (tertiary/aromatic N) is 1. The maximum absolute atomic E-state index is 13.2. The third-order valence-corrected chi connectivity index (χ3v) is 6.11. The Kier molecular flexibility index (Phi) is 5.59. The molecule has 0 amide bonds. The lowest BCUT2D eigenvalue weighted by atomic mass is 10.0. The molecular weight excluding hydrogens is 457 g/mol. The Balaban J connectivity index is 1.49. The van der Waals surface area contributed by atoms with Crippen molar-refractivity contribution in [1.29, 1.82) is 0 Å². The number of aromatic nitrogens is 1. The van der Waals surface area contributed by atoms with Crippen LogP contribution in [-0.2, 0) is 16.5 Å². The molecule has 0 saturated heterocycles. The van der Waals surface area contributed by atoms with Crippen LogP contribution in [0.2, 0.25) is 0 Å². The summed E-state index contributed by atoms with van der Waals surface area (Å²) in [5.41, 5.74) is 0.325. The van der Waals surface area contributed by atoms with E-state index in [1.807, 2.05) is 24.3 Å². The van der Waals surface area contributed by atoms with Crippen LogP contribution in [0, 0.1) is 0 Å². The Hall–Kier alpha value is -4.07. The van der Waals surface area contributed by atoms with Gasteiger partial charge >= 0.3 is 12.1 Å². The van der Waals surface area contributed by atoms with E-state index in [0.29, 0.717) is 22.5 Å². The monoisotopic (exact) mass is 478 g/mol. The van der Waals surface area contributed by atoms with E-state index in [1.165, 1.54) is 19.2 Å². The average Bonchev–Trinajstić information content (AvgIpc) is 3.64. The quantitative estimate of drug-likeness (QED) is 0.305. The van der Waals surface area contributed by atoms with Gasteiger partial charge in [-0.15, -0.1) is 0 Å². The molecule has 0 unspecified atom stereocenters. The van der Waals surface area contributed by atoms with E-state index < -0.39 is 17.7 Å². The minimum Gasteiger partial charge on any atom is -0.465 e. The highest BCUT2D eigenvalue weighted by molar-refractivity contribution is 5.97. The molecule has 5 rings (SSSR count). The molecule has 8 heteroatoms. The van der Waals surface area contributed by atoms with Crippen molar-refractivity contribution in [3.8, 4) is 11.5 Å². The van der Waals surface area contributed by atoms with Crippen molar-refractivity contribution in [2.24, 2.45) is 0 Å². The highest BCUT2D eigenvalue weighted by Crippen LogP contribution is 2.49. The molecule has 1 aliphatic rings. The first kappa shape index (κ1) is 22.7. The fourth-order valence-corrected chi connectivity index (χ4v) is 4.12. The smallest absolute Gasteiger partial charge is 0.416 e. The van der Waals surface area contributed by atoms with Crippen LogP contribution in [-0.4, -0.2) is 18.1 Å². The van der Waals surface area contributed by atoms with E-state index in [1.54, 1.807) is 30.5 Å². The van der Waals surface area contributed by atoms with Crippen LogP contribution in [0.1, 0.15) is 34.3 Å². The number of carbonyl (C=O) groups is 1. The predicted octanol–water partition coefficient (Wildman–Crippen LogP) is 6.93. The Morgan fingerprint density at radius 3 is 2.43 bits per heavy atom. The number of alkyl halides is 3. The van der Waals surface area contributed by atoms with E-state index in [2.05, 4.69) is 10.3 Å². The summed E-state index contributed by atoms with van der Waals surface area (Å²) in [4.78, 5) is 16.3. The van der Waals surface area contributed by atoms with Crippen molar-refractivity contribution in [3.05, 3.63) is 95.7 Å². The van der Waals surface area contributed by atoms with Crippen molar-refractivity contribution in [2.75, 3.05) is 12.4 Å². The van der Waals surface area contributed by atoms with Gasteiger partial charge in [0.2, 0.25) is 0 Å². The van der Waals surface area contributed by atoms with Gasteiger partial charge in [-0.2, -0.15) is 13.2 Å². The minimum absolute atomic E-state index is 0.0849. The molecule has 1 aromatic heterocycles. The number of ether oxygens (including phenoxy) is 2. The number of anilines is 1. The molecule has 0 atom stereocenters. The van der Waals surface area contributed by atoms with Gasteiger partial charge in [-0.3, -0.25) is 0 Å². The third kappa shape index (κ3) is 4.51. The molecule has 0 bridgehead atoms. The zero-order valence-electron chi connectivity index (χ0n) is 18.7. The largest absolute Gasteiger partial charge is 0.465 e. The maximum atomic E-state index is 13.2. The number of nitrogens with one attached hydrogen (secondary N) is 1. The fraction of sp³-hybridized carbons (Fsp3) is 0.185. The van der Waals surface area contributed by atoms with Gasteiger partial charge in [-0.25, -0.2) is 9.78 Å². The molecule has 1 saturated carbocycles. The van der Waals surface area contributed by atoms with Crippen LogP contribution in [0.3, 0.4) is 0 Å². The molecule has 178 valence electrons. The number of methoxy groups -OCH3 is 1. The van der Waals surface area contributed by atoms with Gasteiger partial charge in [0.1, 0.15) is 17.3 Å². The lowest BCUT2D eigenvalue weighted by molar-refractivity contribution is -0.137. The number of benzene rings is 3. The summed E-state index contributed by atoms with van der Waals surface area (Å²) in [6.45, 7) is 0. The summed E-state index contributed by atoms with van der Waals surface area (Å²) in [5, 5.41) is 5.03. The summed E-state index contributed by atoms with van der Waals surface area (Å²) in [6, 6.07) is 19.2. The van der Waals surface area contributed by atoms with Crippen molar-refractivity contribution < 1.29 is 27.4 Å². The van der Waals surface area contributed by atoms with E-state index >= 15 is 0 Å². The highest BCUT2D eigenvalue weighted by Gasteiger charge is 2.45. The molecule has 1 fully saturated rings. The van der Waals surface area contributed by atoms with E-state index in [4.69, 9.17) is 9.47 Å². The van der Waals surface area contributed by atoms with Crippen molar-refractivity contribution in [1.82, 2.24) is 4.98 Å². The first-order valence-electron chi connectivity index (χ1n) is 11.0. The van der Waals surface area contributed by atoms with Gasteiger partial charge < -0.3 is 14.8 Å². The maximum Gasteiger partial charge on any atom is 0.416 e. The van der Waals surface area contributed by atoms with E-state index in [0.717, 1.165) is 35.9 Å². The van der Waals surface area contributed by atoms with Gasteiger partial charge in [0.15, 0.2) is 0 Å². The van der Waals surface area contributed by atoms with Gasteiger partial charge in [0.25, 0.3) is 0 Å². The molecular formula is C27H21F3N2O3. The molecule has 0 aliphatic heterocycles. The Labute approximate surface area is 199 Å². The van der Waals surface area contributed by atoms with Crippen LogP contribution in [0.5, 0.6) is 11.5 Å². The number of pyridine rings is 1. The van der Waals surface area contributed by atoms with Crippen molar-refractivity contribution in [2.45, 2.75) is 24.6 Å². The number of hydrogen-bond donors (Lipinski definition) is 1. The van der Waals surface area contributed by atoms with Crippen LogP contribution in [0.4, 0.5) is 19.0 Å². The summed E-state index contributed by atoms with van der Waals surface area (Å²) < 4.78 is 50.2. The standard InChI is InChI=1S/C27H21F3N2O3/c1-34-25(33)18-8-10-19(11-9-18)26(13-14-26)32-24-23-17(12-15-31-24)4-2-7-22(23)35-21-6-3-5-20(16-21)27(28,29)30/h2-12,15-16H,13-14H2,1H3,(H,31,32). The summed E-state index contributed by atoms with van der Waals surface area (Å²) in [7, 11) is 1.34. The zero-order chi connectivity index (χ0) is 24.6. The molecule has 5 nitrogen and oxygen atoms in total. The van der Waals surface area contributed by atoms with Crippen LogP contribution >= 0.6 is 0 Å². The van der Waals surface area contributed by atoms with Gasteiger partial charge in [-0.05, 0) is 66.3 Å². The summed E-state index contributed by atoms with van der Waals surface area (Å²) in [6.07, 6.45) is -1.07. The number of hydrogen-bond acceptors (Lipinski definition) is 5. The van der Waals surface area contributed by atoms with Gasteiger partial charge in [-0.1, -0.05) is 30.3 Å². The Morgan fingerprint density at radius 2 is 1.74 bits per heavy atom. The highest BCUT2D eigenvalue weighted by atomic mass is 19.4. The molecule has 3 aromatic carbocycles. The summed E-state index contributed by atoms with van der Waals surface area (Å²) in [5.74, 6) is 0.650. The Bertz CT molecular complexity index is 1390. The van der Waals surface area contributed by atoms with Crippen molar-refractivity contribution >= 4 is 22.6 Å². The van der Waals surface area contributed by atoms with Crippen molar-refractivity contribution in [3.63, 3.8) is 0 Å². The predicted molar refractivity (Wildman–Crippen MR) is 126 cm³/mol. The fourth-order valence-electron chi connectivity index (χ4n) is 4.12. The van der Waals surface area contributed by atoms with E-state index in [-0.39, 0.29) is 11.3 Å². The molecule has 1 heterocycles. The number of carbonyl (C=O) groups excluding carboxylic acids is 1. The first-order chi connectivity index (χ1) is 16.8. The molecule has 1 N–H and O–H groups in total. The van der Waals surface area contributed by atoms with E-state index in [9.17, 15) is 18.0 Å². The van der Waals surface area contributed by atoms with Gasteiger partial charge in [0, 0.05) is 6.20 Å². The second-order valence-corrected chi connectivity index (χ2v) is 8.42. The SMILES string of the molecule is COC(=O)c1ccc(C2(Nc3nccc4cccc(Oc5cccc(C(F)(F)F)c5)c34)CC2)cc1.